The number of benzene rings is 2. The lowest BCUT2D eigenvalue weighted by Gasteiger charge is -2.04. The zero-order chi connectivity index (χ0) is 19.2. The molecule has 0 spiro atoms. The van der Waals surface area contributed by atoms with Crippen molar-refractivity contribution >= 4 is 6.08 Å². The predicted octanol–water partition coefficient (Wildman–Crippen LogP) is 5.03. The van der Waals surface area contributed by atoms with Crippen molar-refractivity contribution in [2.75, 3.05) is 6.61 Å². The normalized spacial score (nSPS) is 10.9. The Kier molecular flexibility index (Phi) is 5.35. The third-order valence-corrected chi connectivity index (χ3v) is 4.01. The van der Waals surface area contributed by atoms with Gasteiger partial charge in [0.15, 0.2) is 0 Å². The van der Waals surface area contributed by atoms with E-state index in [0.29, 0.717) is 17.9 Å². The molecule has 5 nitrogen and oxygen atoms in total. The standard InChI is InChI=1S/C22H18N4O/c1-4-27-21-11-7-17(8-12-21)22-18(13-19(14-23)24-3)15-26(25-22)20-9-5-16(2)6-10-20/h5-13,15H,4H2,1-2H3/b19-13+. The summed E-state index contributed by atoms with van der Waals surface area (Å²) in [6.45, 7) is 11.7. The molecule has 0 aliphatic rings. The first-order chi connectivity index (χ1) is 13.1. The summed E-state index contributed by atoms with van der Waals surface area (Å²) in [6, 6.07) is 17.5. The Morgan fingerprint density at radius 1 is 1.22 bits per heavy atom. The van der Waals surface area contributed by atoms with Crippen LogP contribution in [0.1, 0.15) is 18.1 Å². The molecule has 0 radical (unpaired) electrons. The topological polar surface area (TPSA) is 55.2 Å². The van der Waals surface area contributed by atoms with Gasteiger partial charge in [-0.15, -0.1) is 0 Å². The number of aromatic nitrogens is 2. The van der Waals surface area contributed by atoms with Gasteiger partial charge < -0.3 is 4.74 Å². The summed E-state index contributed by atoms with van der Waals surface area (Å²) in [5.74, 6) is 0.787. The van der Waals surface area contributed by atoms with Crippen LogP contribution in [0.15, 0.2) is 60.4 Å². The van der Waals surface area contributed by atoms with E-state index in [1.165, 1.54) is 0 Å². The maximum absolute atomic E-state index is 9.12. The minimum absolute atomic E-state index is 0.0191. The van der Waals surface area contributed by atoms with Crippen molar-refractivity contribution in [1.82, 2.24) is 9.78 Å². The molecule has 2 aromatic carbocycles. The minimum Gasteiger partial charge on any atom is -0.494 e. The highest BCUT2D eigenvalue weighted by Gasteiger charge is 2.12. The van der Waals surface area contributed by atoms with Crippen molar-refractivity contribution in [1.29, 1.82) is 5.26 Å². The summed E-state index contributed by atoms with van der Waals surface area (Å²) in [5, 5.41) is 13.8. The smallest absolute Gasteiger partial charge is 0.262 e. The Bertz CT molecular complexity index is 1030. The molecule has 0 atom stereocenters. The molecule has 1 heterocycles. The highest BCUT2D eigenvalue weighted by atomic mass is 16.5. The summed E-state index contributed by atoms with van der Waals surface area (Å²) < 4.78 is 7.25. The Morgan fingerprint density at radius 2 is 1.93 bits per heavy atom. The zero-order valence-corrected chi connectivity index (χ0v) is 15.2. The fourth-order valence-electron chi connectivity index (χ4n) is 2.66. The molecule has 132 valence electrons. The SMILES string of the molecule is [C-]#[N+]/C(C#N)=C/c1cn(-c2ccc(C)cc2)nc1-c1ccc(OCC)cc1. The van der Waals surface area contributed by atoms with Crippen LogP contribution in [-0.2, 0) is 0 Å². The largest absolute Gasteiger partial charge is 0.494 e. The van der Waals surface area contributed by atoms with E-state index in [4.69, 9.17) is 21.7 Å². The average Bonchev–Trinajstić information content (AvgIpc) is 3.11. The van der Waals surface area contributed by atoms with E-state index in [1.54, 1.807) is 10.8 Å². The van der Waals surface area contributed by atoms with E-state index in [2.05, 4.69) is 4.85 Å². The van der Waals surface area contributed by atoms with Crippen LogP contribution >= 0.6 is 0 Å². The molecule has 5 heteroatoms. The van der Waals surface area contributed by atoms with Crippen molar-refractivity contribution in [3.8, 4) is 28.8 Å². The van der Waals surface area contributed by atoms with Crippen LogP contribution < -0.4 is 4.74 Å². The van der Waals surface area contributed by atoms with Gasteiger partial charge in [-0.1, -0.05) is 17.7 Å². The van der Waals surface area contributed by atoms with Crippen LogP contribution in [0, 0.1) is 24.8 Å². The van der Waals surface area contributed by atoms with Crippen molar-refractivity contribution in [3.05, 3.63) is 83.0 Å². The molecule has 0 bridgehead atoms. The van der Waals surface area contributed by atoms with E-state index in [0.717, 1.165) is 22.6 Å². The van der Waals surface area contributed by atoms with Gasteiger partial charge in [-0.2, -0.15) is 5.10 Å². The molecule has 3 rings (SSSR count). The first kappa shape index (κ1) is 18.0. The molecule has 0 fully saturated rings. The molecule has 1 aromatic heterocycles. The fourth-order valence-corrected chi connectivity index (χ4v) is 2.66. The van der Waals surface area contributed by atoms with E-state index >= 15 is 0 Å². The second-order valence-electron chi connectivity index (χ2n) is 5.92. The summed E-state index contributed by atoms with van der Waals surface area (Å²) >= 11 is 0. The molecule has 0 saturated heterocycles. The number of aryl methyl sites for hydroxylation is 1. The quantitative estimate of drug-likeness (QED) is 0.477. The summed E-state index contributed by atoms with van der Waals surface area (Å²) in [4.78, 5) is 3.26. The Labute approximate surface area is 158 Å². The monoisotopic (exact) mass is 354 g/mol. The third-order valence-electron chi connectivity index (χ3n) is 4.01. The lowest BCUT2D eigenvalue weighted by atomic mass is 10.1. The third kappa shape index (κ3) is 4.05. The number of hydrogen-bond acceptors (Lipinski definition) is 3. The van der Waals surface area contributed by atoms with E-state index in [-0.39, 0.29) is 5.70 Å². The van der Waals surface area contributed by atoms with Crippen LogP contribution in [0.5, 0.6) is 5.75 Å². The van der Waals surface area contributed by atoms with Crippen LogP contribution in [0.25, 0.3) is 27.9 Å². The van der Waals surface area contributed by atoms with E-state index < -0.39 is 0 Å². The molecule has 3 aromatic rings. The maximum atomic E-state index is 9.12. The number of nitriles is 1. The lowest BCUT2D eigenvalue weighted by molar-refractivity contribution is 0.340. The molecule has 0 aliphatic heterocycles. The van der Waals surface area contributed by atoms with Gasteiger partial charge >= 0.3 is 0 Å². The highest BCUT2D eigenvalue weighted by molar-refractivity contribution is 5.75. The molecule has 0 saturated carbocycles. The summed E-state index contributed by atoms with van der Waals surface area (Å²) in [5.41, 5.74) is 4.40. The molecular weight excluding hydrogens is 336 g/mol. The maximum Gasteiger partial charge on any atom is 0.262 e. The Balaban J connectivity index is 2.10. The van der Waals surface area contributed by atoms with Gasteiger partial charge in [0.1, 0.15) is 5.75 Å². The first-order valence-electron chi connectivity index (χ1n) is 8.53. The van der Waals surface area contributed by atoms with Crippen LogP contribution in [0.2, 0.25) is 0 Å². The van der Waals surface area contributed by atoms with E-state index in [9.17, 15) is 0 Å². The van der Waals surface area contributed by atoms with Crippen molar-refractivity contribution in [3.63, 3.8) is 0 Å². The van der Waals surface area contributed by atoms with Gasteiger partial charge in [0, 0.05) is 17.3 Å². The fraction of sp³-hybridized carbons (Fsp3) is 0.136. The Morgan fingerprint density at radius 3 is 2.52 bits per heavy atom. The number of hydrogen-bond donors (Lipinski definition) is 0. The van der Waals surface area contributed by atoms with Gasteiger partial charge in [-0.05, 0) is 56.3 Å². The number of ether oxygens (including phenoxy) is 1. The van der Waals surface area contributed by atoms with Gasteiger partial charge in [0.2, 0.25) is 0 Å². The van der Waals surface area contributed by atoms with E-state index in [1.807, 2.05) is 74.6 Å². The lowest BCUT2D eigenvalue weighted by Crippen LogP contribution is -1.95. The van der Waals surface area contributed by atoms with Gasteiger partial charge in [-0.25, -0.2) is 14.8 Å². The zero-order valence-electron chi connectivity index (χ0n) is 15.2. The number of rotatable bonds is 5. The molecule has 0 N–H and O–H groups in total. The molecule has 27 heavy (non-hydrogen) atoms. The first-order valence-corrected chi connectivity index (χ1v) is 8.53. The van der Waals surface area contributed by atoms with Crippen molar-refractivity contribution < 1.29 is 4.74 Å². The molecular formula is C22H18N4O. The van der Waals surface area contributed by atoms with Crippen molar-refractivity contribution in [2.45, 2.75) is 13.8 Å². The second kappa shape index (κ2) is 8.03. The highest BCUT2D eigenvalue weighted by Crippen LogP contribution is 2.27. The van der Waals surface area contributed by atoms with Crippen LogP contribution in [0.4, 0.5) is 0 Å². The van der Waals surface area contributed by atoms with Crippen LogP contribution in [0.3, 0.4) is 0 Å². The van der Waals surface area contributed by atoms with Gasteiger partial charge in [0.25, 0.3) is 5.70 Å². The molecule has 0 unspecified atom stereocenters. The van der Waals surface area contributed by atoms with Crippen LogP contribution in [-0.4, -0.2) is 16.4 Å². The van der Waals surface area contributed by atoms with Gasteiger partial charge in [0.05, 0.1) is 30.6 Å². The Hall–Kier alpha value is -3.83. The minimum atomic E-state index is 0.0191. The summed E-state index contributed by atoms with van der Waals surface area (Å²) in [6.07, 6.45) is 3.40. The van der Waals surface area contributed by atoms with Crippen molar-refractivity contribution in [2.24, 2.45) is 0 Å². The predicted molar refractivity (Wildman–Crippen MR) is 105 cm³/mol. The summed E-state index contributed by atoms with van der Waals surface area (Å²) in [7, 11) is 0. The average molecular weight is 354 g/mol. The molecule has 0 aliphatic carbocycles. The second-order valence-corrected chi connectivity index (χ2v) is 5.92. The molecule has 0 amide bonds. The number of allylic oxidation sites excluding steroid dienone is 1. The van der Waals surface area contributed by atoms with Gasteiger partial charge in [-0.3, -0.25) is 0 Å². The number of nitrogens with zero attached hydrogens (tertiary/aromatic N) is 4.